The van der Waals surface area contributed by atoms with Crippen molar-refractivity contribution in [1.29, 1.82) is 5.26 Å². The maximum absolute atomic E-state index is 14.1. The lowest BCUT2D eigenvalue weighted by molar-refractivity contribution is -0.132. The highest BCUT2D eigenvalue weighted by molar-refractivity contribution is 7.44. The summed E-state index contributed by atoms with van der Waals surface area (Å²) < 4.78 is 65.6. The molecular weight excluding hydrogens is 1110 g/mol. The molecule has 1 aromatic heterocycles. The lowest BCUT2D eigenvalue weighted by Crippen LogP contribution is -2.39. The lowest BCUT2D eigenvalue weighted by Gasteiger charge is -2.39. The van der Waals surface area contributed by atoms with E-state index in [1.807, 2.05) is 107 Å². The van der Waals surface area contributed by atoms with Crippen LogP contribution < -0.4 is 34.9 Å². The minimum atomic E-state index is -1.84. The number of nitriles is 1. The number of H-pyrrole nitrogens is 1. The van der Waals surface area contributed by atoms with Crippen LogP contribution >= 0.6 is 8.53 Å². The minimum absolute atomic E-state index is 0.0422. The van der Waals surface area contributed by atoms with Gasteiger partial charge in [0.05, 0.1) is 51.6 Å². The monoisotopic (exact) mass is 1170 g/mol. The Bertz CT molecular complexity index is 3760. The van der Waals surface area contributed by atoms with Crippen LogP contribution in [0.1, 0.15) is 115 Å². The number of aromatic nitrogens is 2. The Hall–Kier alpha value is -8.91. The Morgan fingerprint density at radius 1 is 0.753 bits per heavy atom. The fourth-order valence-corrected chi connectivity index (χ4v) is 12.7. The van der Waals surface area contributed by atoms with Crippen molar-refractivity contribution in [2.24, 2.45) is 0 Å². The van der Waals surface area contributed by atoms with Crippen molar-refractivity contribution in [3.63, 3.8) is 0 Å². The number of esters is 3. The average Bonchev–Trinajstić information content (AvgIpc) is 1.68. The van der Waals surface area contributed by atoms with Crippen LogP contribution in [0.3, 0.4) is 0 Å². The second kappa shape index (κ2) is 25.1. The van der Waals surface area contributed by atoms with E-state index in [4.69, 9.17) is 46.9 Å². The maximum Gasteiger partial charge on any atom is 0.340 e. The number of carbonyl (C=O) groups excluding carboxylic acids is 3. The van der Waals surface area contributed by atoms with Gasteiger partial charge in [-0.25, -0.2) is 14.3 Å². The third-order valence-electron chi connectivity index (χ3n) is 14.6. The first-order valence-corrected chi connectivity index (χ1v) is 28.6. The summed E-state index contributed by atoms with van der Waals surface area (Å²) in [5.74, 6) is 6.22. The molecule has 0 radical (unpaired) electrons. The first-order valence-electron chi connectivity index (χ1n) is 27.4. The Morgan fingerprint density at radius 3 is 1.87 bits per heavy atom. The molecule has 1 fully saturated rings. The molecule has 19 nitrogen and oxygen atoms in total. The van der Waals surface area contributed by atoms with E-state index < -0.39 is 67.3 Å². The number of aromatic amines is 1. The summed E-state index contributed by atoms with van der Waals surface area (Å²) in [5.41, 5.74) is -0.311. The first kappa shape index (κ1) is 59.3. The third kappa shape index (κ3) is 12.0. The largest absolute Gasteiger partial charge is 0.497 e. The first-order chi connectivity index (χ1) is 40.9. The van der Waals surface area contributed by atoms with Gasteiger partial charge in [0.25, 0.3) is 14.1 Å². The predicted octanol–water partition coefficient (Wildman–Crippen LogP) is 10.3. The Balaban J connectivity index is 1.02. The smallest absolute Gasteiger partial charge is 0.340 e. The van der Waals surface area contributed by atoms with Crippen LogP contribution in [0, 0.1) is 23.2 Å². The lowest BCUT2D eigenvalue weighted by atomic mass is 9.77. The quantitative estimate of drug-likeness (QED) is 0.0198. The van der Waals surface area contributed by atoms with Gasteiger partial charge in [0.1, 0.15) is 58.0 Å². The van der Waals surface area contributed by atoms with Crippen molar-refractivity contribution in [1.82, 2.24) is 14.2 Å². The Morgan fingerprint density at radius 2 is 1.32 bits per heavy atom. The fraction of sp³-hybridized carbons (Fsp3) is 0.292. The number of benzene rings is 6. The predicted molar refractivity (Wildman–Crippen MR) is 311 cm³/mol. The highest BCUT2D eigenvalue weighted by Crippen LogP contribution is 2.57. The van der Waals surface area contributed by atoms with E-state index in [1.165, 1.54) is 36.7 Å². The number of fused-ring (bicyclic) bond motifs is 6. The number of methoxy groups -OCH3 is 2. The highest BCUT2D eigenvalue weighted by atomic mass is 31.2. The van der Waals surface area contributed by atoms with Gasteiger partial charge in [-0.05, 0) is 105 Å². The summed E-state index contributed by atoms with van der Waals surface area (Å²) in [4.78, 5) is 68.2. The molecular formula is C65H61N4O15P. The van der Waals surface area contributed by atoms with Gasteiger partial charge in [-0.1, -0.05) is 72.5 Å². The molecule has 1 saturated heterocycles. The molecule has 20 heteroatoms. The molecule has 10 rings (SSSR count). The second-order valence-corrected chi connectivity index (χ2v) is 22.2. The van der Waals surface area contributed by atoms with Crippen molar-refractivity contribution >= 4 is 26.4 Å². The highest BCUT2D eigenvalue weighted by Gasteiger charge is 2.54. The maximum atomic E-state index is 14.1. The second-order valence-electron chi connectivity index (χ2n) is 20.8. The topological polar surface area (TPSA) is 225 Å². The summed E-state index contributed by atoms with van der Waals surface area (Å²) in [6, 6.07) is 41.4. The zero-order valence-electron chi connectivity index (χ0n) is 47.9. The van der Waals surface area contributed by atoms with Crippen LogP contribution in [-0.4, -0.2) is 83.9 Å². The van der Waals surface area contributed by atoms with Crippen molar-refractivity contribution in [3.05, 3.63) is 211 Å². The van der Waals surface area contributed by atoms with Crippen LogP contribution in [0.2, 0.25) is 0 Å². The summed E-state index contributed by atoms with van der Waals surface area (Å²) >= 11 is 0. The molecule has 4 heterocycles. The van der Waals surface area contributed by atoms with E-state index >= 15 is 0 Å². The van der Waals surface area contributed by atoms with E-state index in [-0.39, 0.29) is 72.3 Å². The van der Waals surface area contributed by atoms with Crippen LogP contribution in [0.5, 0.6) is 34.5 Å². The fourth-order valence-electron chi connectivity index (χ4n) is 11.0. The van der Waals surface area contributed by atoms with Gasteiger partial charge in [0, 0.05) is 72.9 Å². The Kier molecular flexibility index (Phi) is 17.5. The van der Waals surface area contributed by atoms with Crippen LogP contribution in [0.15, 0.2) is 149 Å². The van der Waals surface area contributed by atoms with Gasteiger partial charge < -0.3 is 46.9 Å². The zero-order chi connectivity index (χ0) is 60.2. The molecule has 0 amide bonds. The number of ether oxygens (including phenoxy) is 8. The standard InChI is InChI=1S/C65H61N4O15P/c1-39(2)69(40(3)4)85(78-32-12-31-66)84-58-36-60(82-59(58)38-77-64(45-13-10-9-11-14-45,46-18-22-48(75-7)23-19-46)47-20-24-49(76-8)25-21-47)68-37-44(61(72)67-63(68)74)17-15-43-16-28-53-52(33-43)62(73)83-65(53)54-29-26-50(79-41(5)70)34-56(54)81-57-35-51(80-42(6)71)27-30-55(57)65/h9-11,13-14,16,18-30,33-35,37,39-40,58-60H,12,32,36,38H2,1-8H3,(H,67,72,74)/t58-,59+,60+,85?/m0/s1. The zero-order valence-corrected chi connectivity index (χ0v) is 48.8. The SMILES string of the molecule is COc1ccc(C(OC[C@H]2O[C@@H](n3cc(C#Cc4ccc5c(c4)C(=O)OC54c5ccc(OC(C)=O)cc5Oc5cc(OC(C)=O)ccc54)c(=O)[nH]c3=O)C[C@@H]2OP(OCCC#N)N(C(C)C)C(C)C)(c2ccccc2)c2ccc(OC)cc2)cc1. The summed E-state index contributed by atoms with van der Waals surface area (Å²) in [6.45, 7) is 10.7. The summed E-state index contributed by atoms with van der Waals surface area (Å²) in [6.07, 6.45) is -1.15. The molecule has 0 aliphatic carbocycles. The van der Waals surface area contributed by atoms with E-state index in [9.17, 15) is 29.2 Å². The number of nitrogens with one attached hydrogen (secondary N) is 1. The molecule has 85 heavy (non-hydrogen) atoms. The van der Waals surface area contributed by atoms with Crippen LogP contribution in [-0.2, 0) is 44.0 Å². The van der Waals surface area contributed by atoms with Gasteiger partial charge in [0.2, 0.25) is 0 Å². The molecule has 1 spiro atoms. The molecule has 0 saturated carbocycles. The van der Waals surface area contributed by atoms with E-state index in [2.05, 4.69) is 27.6 Å². The minimum Gasteiger partial charge on any atom is -0.497 e. The number of nitrogens with zero attached hydrogens (tertiary/aromatic N) is 3. The van der Waals surface area contributed by atoms with E-state index in [0.29, 0.717) is 33.8 Å². The normalized spacial score (nSPS) is 16.7. The van der Waals surface area contributed by atoms with Crippen LogP contribution in [0.4, 0.5) is 0 Å². The third-order valence-corrected chi connectivity index (χ3v) is 16.8. The van der Waals surface area contributed by atoms with Gasteiger partial charge in [0.15, 0.2) is 5.60 Å². The molecule has 6 aromatic carbocycles. The van der Waals surface area contributed by atoms with Gasteiger partial charge in [-0.2, -0.15) is 5.26 Å². The number of rotatable bonds is 19. The summed E-state index contributed by atoms with van der Waals surface area (Å²) in [5, 5.41) is 9.55. The van der Waals surface area contributed by atoms with E-state index in [0.717, 1.165) is 16.7 Å². The number of hydrogen-bond acceptors (Lipinski definition) is 17. The van der Waals surface area contributed by atoms with Crippen molar-refractivity contribution in [2.75, 3.05) is 27.4 Å². The molecule has 4 atom stereocenters. The molecule has 7 aromatic rings. The summed E-state index contributed by atoms with van der Waals surface area (Å²) in [7, 11) is 1.36. The molecule has 3 aliphatic rings. The molecule has 1 unspecified atom stereocenters. The van der Waals surface area contributed by atoms with Crippen molar-refractivity contribution in [3.8, 4) is 52.4 Å². The van der Waals surface area contributed by atoms with Crippen molar-refractivity contribution in [2.45, 2.75) is 96.1 Å². The molecule has 436 valence electrons. The van der Waals surface area contributed by atoms with E-state index in [1.54, 1.807) is 56.7 Å². The molecule has 3 aliphatic heterocycles. The van der Waals surface area contributed by atoms with Gasteiger partial charge in [-0.15, -0.1) is 0 Å². The molecule has 1 N–H and O–H groups in total. The molecule has 0 bridgehead atoms. The van der Waals surface area contributed by atoms with Gasteiger partial charge in [-0.3, -0.25) is 23.9 Å². The van der Waals surface area contributed by atoms with Crippen molar-refractivity contribution < 1.29 is 61.3 Å². The average molecular weight is 1170 g/mol. The number of hydrogen-bond donors (Lipinski definition) is 1. The van der Waals surface area contributed by atoms with Crippen LogP contribution in [0.25, 0.3) is 0 Å². The van der Waals surface area contributed by atoms with Gasteiger partial charge >= 0.3 is 23.6 Å². The number of carbonyl (C=O) groups is 3. The Labute approximate surface area is 491 Å².